The van der Waals surface area contributed by atoms with Crippen LogP contribution in [0.4, 0.5) is 0 Å². The van der Waals surface area contributed by atoms with Gasteiger partial charge in [0.25, 0.3) is 0 Å². The van der Waals surface area contributed by atoms with Gasteiger partial charge >= 0.3 is 0 Å². The quantitative estimate of drug-likeness (QED) is 0.0719. The van der Waals surface area contributed by atoms with Crippen LogP contribution in [-0.2, 0) is 9.47 Å². The molecule has 0 N–H and O–H groups in total. The molecule has 0 saturated carbocycles. The summed E-state index contributed by atoms with van der Waals surface area (Å²) in [6.45, 7) is 18.2. The van der Waals surface area contributed by atoms with Gasteiger partial charge in [-0.3, -0.25) is 0 Å². The summed E-state index contributed by atoms with van der Waals surface area (Å²) in [5.41, 5.74) is 0.0496. The van der Waals surface area contributed by atoms with Gasteiger partial charge in [0, 0.05) is 13.2 Å². The Bertz CT molecular complexity index is 518. The van der Waals surface area contributed by atoms with E-state index in [9.17, 15) is 0 Å². The summed E-state index contributed by atoms with van der Waals surface area (Å²) in [5.74, 6) is 0.781. The maximum atomic E-state index is 6.66. The first-order valence-electron chi connectivity index (χ1n) is 19.1. The van der Waals surface area contributed by atoms with Gasteiger partial charge in [-0.2, -0.15) is 0 Å². The fraction of sp³-hybridized carbons (Fsp3) is 1.00. The van der Waals surface area contributed by atoms with Crippen molar-refractivity contribution in [2.45, 2.75) is 233 Å². The maximum Gasteiger partial charge on any atom is 0.0654 e. The summed E-state index contributed by atoms with van der Waals surface area (Å²) in [5, 5.41) is 0. The summed E-state index contributed by atoms with van der Waals surface area (Å²) in [6, 6.07) is 0. The number of hydrogen-bond donors (Lipinski definition) is 0. The van der Waals surface area contributed by atoms with Gasteiger partial charge in [-0.05, 0) is 64.7 Å². The van der Waals surface area contributed by atoms with E-state index >= 15 is 0 Å². The van der Waals surface area contributed by atoms with Gasteiger partial charge in [-0.15, -0.1) is 0 Å². The SMILES string of the molecule is CCCCCCCCCCCCOC(C)(CC)CCCC(C)(CCCC(C)C)OCCCCCCCCCCCC. The van der Waals surface area contributed by atoms with E-state index in [1.54, 1.807) is 0 Å². The molecule has 0 aliphatic carbocycles. The van der Waals surface area contributed by atoms with Crippen molar-refractivity contribution in [2.24, 2.45) is 5.92 Å². The Morgan fingerprint density at radius 2 is 0.756 bits per heavy atom. The van der Waals surface area contributed by atoms with E-state index < -0.39 is 0 Å². The van der Waals surface area contributed by atoms with Crippen molar-refractivity contribution < 1.29 is 9.47 Å². The molecule has 0 saturated heterocycles. The maximum absolute atomic E-state index is 6.66. The lowest BCUT2D eigenvalue weighted by atomic mass is 9.87. The zero-order valence-electron chi connectivity index (χ0n) is 29.9. The van der Waals surface area contributed by atoms with Crippen molar-refractivity contribution in [3.8, 4) is 0 Å². The minimum Gasteiger partial charge on any atom is -0.375 e. The lowest BCUT2D eigenvalue weighted by molar-refractivity contribution is -0.0650. The molecule has 0 aliphatic rings. The Balaban J connectivity index is 4.24. The fourth-order valence-electron chi connectivity index (χ4n) is 6.16. The standard InChI is InChI=1S/C39H80O2/c1-8-11-13-15-17-19-21-23-25-27-35-40-38(6,10-3)33-30-34-39(7,32-29-31-37(4)5)41-36-28-26-24-22-20-18-16-14-12-9-2/h37H,8-36H2,1-7H3. The van der Waals surface area contributed by atoms with Crippen molar-refractivity contribution in [2.75, 3.05) is 13.2 Å². The van der Waals surface area contributed by atoms with Crippen LogP contribution in [0.25, 0.3) is 0 Å². The second-order valence-corrected chi connectivity index (χ2v) is 14.5. The van der Waals surface area contributed by atoms with Crippen LogP contribution in [0.5, 0.6) is 0 Å². The second-order valence-electron chi connectivity index (χ2n) is 14.5. The van der Waals surface area contributed by atoms with E-state index in [4.69, 9.17) is 9.47 Å². The van der Waals surface area contributed by atoms with E-state index in [1.807, 2.05) is 0 Å². The van der Waals surface area contributed by atoms with Gasteiger partial charge in [0.1, 0.15) is 0 Å². The molecule has 0 spiro atoms. The molecule has 0 aromatic rings. The highest BCUT2D eigenvalue weighted by Crippen LogP contribution is 2.31. The van der Waals surface area contributed by atoms with Crippen molar-refractivity contribution >= 4 is 0 Å². The smallest absolute Gasteiger partial charge is 0.0654 e. The third kappa shape index (κ3) is 27.2. The summed E-state index contributed by atoms with van der Waals surface area (Å²) >= 11 is 0. The molecule has 0 aromatic heterocycles. The minimum atomic E-state index is 0.0225. The lowest BCUT2D eigenvalue weighted by Crippen LogP contribution is -2.32. The van der Waals surface area contributed by atoms with Crippen molar-refractivity contribution in [3.63, 3.8) is 0 Å². The normalized spacial score (nSPS) is 14.9. The Morgan fingerprint density at radius 3 is 1.15 bits per heavy atom. The molecule has 248 valence electrons. The molecule has 0 amide bonds. The van der Waals surface area contributed by atoms with Crippen LogP contribution in [-0.4, -0.2) is 24.4 Å². The average Bonchev–Trinajstić information content (AvgIpc) is 2.94. The number of ether oxygens (including phenoxy) is 2. The molecule has 2 atom stereocenters. The Hall–Kier alpha value is -0.0800. The van der Waals surface area contributed by atoms with Crippen LogP contribution in [0.1, 0.15) is 222 Å². The average molecular weight is 581 g/mol. The van der Waals surface area contributed by atoms with Gasteiger partial charge < -0.3 is 9.47 Å². The summed E-state index contributed by atoms with van der Waals surface area (Å²) in [6.07, 6.45) is 36.1. The van der Waals surface area contributed by atoms with Crippen LogP contribution in [0.3, 0.4) is 0 Å². The topological polar surface area (TPSA) is 18.5 Å². The highest BCUT2D eigenvalue weighted by atomic mass is 16.5. The van der Waals surface area contributed by atoms with Crippen LogP contribution in [0.2, 0.25) is 0 Å². The molecule has 0 rings (SSSR count). The first kappa shape index (κ1) is 40.9. The zero-order chi connectivity index (χ0) is 30.5. The highest BCUT2D eigenvalue weighted by molar-refractivity contribution is 4.80. The highest BCUT2D eigenvalue weighted by Gasteiger charge is 2.28. The van der Waals surface area contributed by atoms with Gasteiger partial charge in [0.05, 0.1) is 11.2 Å². The van der Waals surface area contributed by atoms with Gasteiger partial charge in [-0.25, -0.2) is 0 Å². The first-order chi connectivity index (χ1) is 19.8. The van der Waals surface area contributed by atoms with Crippen molar-refractivity contribution in [1.29, 1.82) is 0 Å². The number of rotatable bonds is 33. The summed E-state index contributed by atoms with van der Waals surface area (Å²) in [4.78, 5) is 0. The number of unbranched alkanes of at least 4 members (excludes halogenated alkanes) is 18. The molecule has 0 aromatic carbocycles. The van der Waals surface area contributed by atoms with Gasteiger partial charge in [0.2, 0.25) is 0 Å². The first-order valence-corrected chi connectivity index (χ1v) is 19.1. The molecule has 0 bridgehead atoms. The molecule has 0 radical (unpaired) electrons. The zero-order valence-corrected chi connectivity index (χ0v) is 29.9. The third-order valence-corrected chi connectivity index (χ3v) is 9.54. The summed E-state index contributed by atoms with van der Waals surface area (Å²) in [7, 11) is 0. The lowest BCUT2D eigenvalue weighted by Gasteiger charge is -2.34. The van der Waals surface area contributed by atoms with Crippen LogP contribution < -0.4 is 0 Å². The minimum absolute atomic E-state index is 0.0225. The Morgan fingerprint density at radius 1 is 0.415 bits per heavy atom. The molecule has 41 heavy (non-hydrogen) atoms. The van der Waals surface area contributed by atoms with Crippen LogP contribution in [0, 0.1) is 5.92 Å². The molecular weight excluding hydrogens is 500 g/mol. The third-order valence-electron chi connectivity index (χ3n) is 9.54. The molecule has 2 unspecified atom stereocenters. The fourth-order valence-corrected chi connectivity index (χ4v) is 6.16. The summed E-state index contributed by atoms with van der Waals surface area (Å²) < 4.78 is 13.2. The van der Waals surface area contributed by atoms with E-state index in [1.165, 1.54) is 161 Å². The molecule has 2 heteroatoms. The van der Waals surface area contributed by atoms with Gasteiger partial charge in [-0.1, -0.05) is 163 Å². The molecule has 2 nitrogen and oxygen atoms in total. The molecule has 0 fully saturated rings. The largest absolute Gasteiger partial charge is 0.375 e. The second kappa shape index (κ2) is 28.7. The number of hydrogen-bond acceptors (Lipinski definition) is 2. The van der Waals surface area contributed by atoms with Gasteiger partial charge in [0.15, 0.2) is 0 Å². The Kier molecular flexibility index (Phi) is 28.6. The van der Waals surface area contributed by atoms with E-state index in [-0.39, 0.29) is 11.2 Å². The van der Waals surface area contributed by atoms with Crippen LogP contribution in [0.15, 0.2) is 0 Å². The van der Waals surface area contributed by atoms with E-state index in [0.29, 0.717) is 0 Å². The molecule has 0 heterocycles. The predicted molar refractivity (Wildman–Crippen MR) is 185 cm³/mol. The Labute approximate surface area is 261 Å². The molecule has 0 aliphatic heterocycles. The van der Waals surface area contributed by atoms with Crippen LogP contribution >= 0.6 is 0 Å². The monoisotopic (exact) mass is 581 g/mol. The van der Waals surface area contributed by atoms with Crippen molar-refractivity contribution in [1.82, 2.24) is 0 Å². The predicted octanol–water partition coefficient (Wildman–Crippen LogP) is 13.8. The van der Waals surface area contributed by atoms with Crippen molar-refractivity contribution in [3.05, 3.63) is 0 Å². The molecular formula is C39H80O2. The van der Waals surface area contributed by atoms with E-state index in [0.717, 1.165) is 32.0 Å². The van der Waals surface area contributed by atoms with E-state index in [2.05, 4.69) is 48.5 Å².